The molecule has 0 aliphatic carbocycles. The molecule has 0 atom stereocenters. The SMILES string of the molecule is CC(=Nc1c(C(C)C)cccc1C(C)C)C(C)=Nc1c(C(C)C)cccc1C(C)C.CC(C)(C)c1cc2c(c(C(C)(C)C)c1)Oc1c(c(C(C)(C)C)c([O-])c([O-])c1C(C)(C)C)O2.[Ni+2]. The van der Waals surface area contributed by atoms with Crippen LogP contribution in [0.1, 0.15) is 221 Å². The van der Waals surface area contributed by atoms with E-state index in [1.165, 1.54) is 22.3 Å². The van der Waals surface area contributed by atoms with Crippen LogP contribution in [0.2, 0.25) is 0 Å². The molecule has 0 unspecified atom stereocenters. The van der Waals surface area contributed by atoms with Gasteiger partial charge in [-0.25, -0.2) is 0 Å². The molecule has 1 aliphatic rings. The Morgan fingerprint density at radius 1 is 0.476 bits per heavy atom. The summed E-state index contributed by atoms with van der Waals surface area (Å²) in [4.78, 5) is 10.3. The minimum Gasteiger partial charge on any atom is -0.873 e. The molecule has 7 heteroatoms. The van der Waals surface area contributed by atoms with Gasteiger partial charge in [-0.1, -0.05) is 181 Å². The minimum absolute atomic E-state index is 0. The molecule has 0 spiro atoms. The molecule has 0 radical (unpaired) electrons. The van der Waals surface area contributed by atoms with Crippen LogP contribution in [0.25, 0.3) is 0 Å². The summed E-state index contributed by atoms with van der Waals surface area (Å²) in [6, 6.07) is 17.3. The van der Waals surface area contributed by atoms with Crippen molar-refractivity contribution in [1.29, 1.82) is 0 Å². The Labute approximate surface area is 392 Å². The quantitative estimate of drug-likeness (QED) is 0.120. The predicted molar refractivity (Wildman–Crippen MR) is 262 cm³/mol. The van der Waals surface area contributed by atoms with Crippen molar-refractivity contribution in [2.45, 2.75) is 198 Å². The second kappa shape index (κ2) is 19.6. The second-order valence-electron chi connectivity index (χ2n) is 22.7. The van der Waals surface area contributed by atoms with Crippen molar-refractivity contribution in [3.8, 4) is 34.5 Å². The fourth-order valence-electron chi connectivity index (χ4n) is 7.98. The van der Waals surface area contributed by atoms with Gasteiger partial charge in [-0.15, -0.1) is 11.5 Å². The number of hydrogen-bond donors (Lipinski definition) is 0. The molecule has 5 rings (SSSR count). The standard InChI is InChI=1S/C28H40N2.C28H40O4.Ni/c1-17(2)23-13-11-14-24(18(3)4)27(23)29-21(9)22(10)30-28-25(19(5)6)15-12-16-26(28)20(7)8;1-25(2,3)15-13-16(26(4,5)6)22-17(14-15)31-23-18(27(7,8)9)20(29)21(30)19(24(23)32-22)28(10,11)12;/h11-20H,1-10H3;13-14,29-30H,1-12H3;/q;;+2/p-2. The molecule has 6 nitrogen and oxygen atoms in total. The summed E-state index contributed by atoms with van der Waals surface area (Å²) >= 11 is 0. The Kier molecular flexibility index (Phi) is 16.5. The molecule has 0 fully saturated rings. The van der Waals surface area contributed by atoms with Gasteiger partial charge in [0.15, 0.2) is 23.0 Å². The van der Waals surface area contributed by atoms with Crippen LogP contribution in [0, 0.1) is 0 Å². The van der Waals surface area contributed by atoms with Gasteiger partial charge in [0.1, 0.15) is 0 Å². The van der Waals surface area contributed by atoms with Gasteiger partial charge in [-0.3, -0.25) is 9.98 Å². The van der Waals surface area contributed by atoms with E-state index in [0.717, 1.165) is 33.9 Å². The summed E-state index contributed by atoms with van der Waals surface area (Å²) in [5.74, 6) is 2.71. The normalized spacial score (nSPS) is 13.6. The van der Waals surface area contributed by atoms with Crippen molar-refractivity contribution < 1.29 is 36.2 Å². The van der Waals surface area contributed by atoms with Crippen LogP contribution in [-0.2, 0) is 38.2 Å². The first-order valence-electron chi connectivity index (χ1n) is 22.8. The Hall–Kier alpha value is -4.09. The number of para-hydroxylation sites is 2. The summed E-state index contributed by atoms with van der Waals surface area (Å²) < 4.78 is 13.1. The third-order valence-corrected chi connectivity index (χ3v) is 11.7. The van der Waals surface area contributed by atoms with Gasteiger partial charge >= 0.3 is 16.5 Å². The summed E-state index contributed by atoms with van der Waals surface area (Å²) in [5.41, 5.74) is 10.9. The number of benzene rings is 4. The first-order chi connectivity index (χ1) is 28.3. The molecule has 1 aliphatic heterocycles. The summed E-state index contributed by atoms with van der Waals surface area (Å²) in [5, 5.41) is 26.6. The number of aliphatic imine (C=N–C) groups is 2. The Morgan fingerprint density at radius 3 is 1.10 bits per heavy atom. The van der Waals surface area contributed by atoms with E-state index in [1.54, 1.807) is 0 Å². The maximum absolute atomic E-state index is 13.3. The number of ether oxygens (including phenoxy) is 2. The van der Waals surface area contributed by atoms with Crippen LogP contribution in [0.5, 0.6) is 34.5 Å². The van der Waals surface area contributed by atoms with Crippen LogP contribution in [-0.4, -0.2) is 11.4 Å². The van der Waals surface area contributed by atoms with E-state index in [4.69, 9.17) is 19.5 Å². The van der Waals surface area contributed by atoms with E-state index in [9.17, 15) is 10.2 Å². The summed E-state index contributed by atoms with van der Waals surface area (Å²) in [7, 11) is 0. The molecular weight excluding hydrogens is 823 g/mol. The molecule has 0 saturated carbocycles. The topological polar surface area (TPSA) is 89.3 Å². The van der Waals surface area contributed by atoms with Gasteiger partial charge in [-0.05, 0) is 104 Å². The largest absolute Gasteiger partial charge is 2.00 e. The minimum atomic E-state index is -0.579. The molecule has 4 aromatic rings. The fourth-order valence-corrected chi connectivity index (χ4v) is 7.98. The molecule has 0 N–H and O–H groups in total. The molecule has 4 aromatic carbocycles. The van der Waals surface area contributed by atoms with Crippen LogP contribution < -0.4 is 19.7 Å². The molecular formula is C56H78N2NiO4. The first kappa shape index (κ1) is 53.3. The van der Waals surface area contributed by atoms with Gasteiger partial charge < -0.3 is 19.7 Å². The number of nitrogens with zero attached hydrogens (tertiary/aromatic N) is 2. The molecule has 0 bridgehead atoms. The third kappa shape index (κ3) is 11.8. The third-order valence-electron chi connectivity index (χ3n) is 11.7. The fraction of sp³-hybridized carbons (Fsp3) is 0.536. The van der Waals surface area contributed by atoms with Crippen molar-refractivity contribution in [1.82, 2.24) is 0 Å². The predicted octanol–water partition coefficient (Wildman–Crippen LogP) is 16.0. The first-order valence-corrected chi connectivity index (χ1v) is 22.8. The van der Waals surface area contributed by atoms with E-state index < -0.39 is 22.3 Å². The Morgan fingerprint density at radius 2 is 0.810 bits per heavy atom. The van der Waals surface area contributed by atoms with Gasteiger partial charge in [0.25, 0.3) is 0 Å². The van der Waals surface area contributed by atoms with Gasteiger partial charge in [0, 0.05) is 5.56 Å². The number of rotatable bonds is 7. The smallest absolute Gasteiger partial charge is 0.873 e. The van der Waals surface area contributed by atoms with Crippen molar-refractivity contribution in [2.24, 2.45) is 9.98 Å². The molecule has 1 heterocycles. The van der Waals surface area contributed by atoms with E-state index in [2.05, 4.69) is 153 Å². The Bertz CT molecular complexity index is 2210. The zero-order valence-electron chi connectivity index (χ0n) is 42.8. The van der Waals surface area contributed by atoms with Crippen molar-refractivity contribution in [2.75, 3.05) is 0 Å². The summed E-state index contributed by atoms with van der Waals surface area (Å²) in [6.45, 7) is 46.5. The summed E-state index contributed by atoms with van der Waals surface area (Å²) in [6.07, 6.45) is 0. The molecule has 0 aromatic heterocycles. The second-order valence-corrected chi connectivity index (χ2v) is 22.7. The monoisotopic (exact) mass is 901 g/mol. The zero-order chi connectivity index (χ0) is 47.2. The molecule has 0 saturated heterocycles. The molecule has 63 heavy (non-hydrogen) atoms. The van der Waals surface area contributed by atoms with Crippen LogP contribution in [0.3, 0.4) is 0 Å². The van der Waals surface area contributed by atoms with Gasteiger partial charge in [0.2, 0.25) is 0 Å². The Balaban J connectivity index is 0.000000331. The van der Waals surface area contributed by atoms with Crippen LogP contribution in [0.15, 0.2) is 58.5 Å². The maximum atomic E-state index is 13.3. The zero-order valence-corrected chi connectivity index (χ0v) is 43.8. The van der Waals surface area contributed by atoms with Crippen molar-refractivity contribution >= 4 is 22.8 Å². The van der Waals surface area contributed by atoms with Crippen molar-refractivity contribution in [3.63, 3.8) is 0 Å². The van der Waals surface area contributed by atoms with E-state index in [-0.39, 0.29) is 27.3 Å². The van der Waals surface area contributed by atoms with E-state index >= 15 is 0 Å². The number of fused-ring (bicyclic) bond motifs is 2. The van der Waals surface area contributed by atoms with Crippen molar-refractivity contribution in [3.05, 3.63) is 93.0 Å². The van der Waals surface area contributed by atoms with Gasteiger partial charge in [-0.2, -0.15) is 0 Å². The number of hydrogen-bond acceptors (Lipinski definition) is 6. The average molecular weight is 902 g/mol. The maximum Gasteiger partial charge on any atom is 2.00 e. The van der Waals surface area contributed by atoms with Crippen LogP contribution >= 0.6 is 0 Å². The average Bonchev–Trinajstić information content (AvgIpc) is 3.12. The molecule has 346 valence electrons. The van der Waals surface area contributed by atoms with E-state index in [0.29, 0.717) is 57.8 Å². The van der Waals surface area contributed by atoms with Gasteiger partial charge in [0.05, 0.1) is 22.8 Å². The van der Waals surface area contributed by atoms with Crippen LogP contribution in [0.4, 0.5) is 11.4 Å². The van der Waals surface area contributed by atoms with E-state index in [1.807, 2.05) is 47.6 Å². The molecule has 0 amide bonds.